The van der Waals surface area contributed by atoms with E-state index in [2.05, 4.69) is 25.4 Å². The quantitative estimate of drug-likeness (QED) is 0.775. The van der Waals surface area contributed by atoms with Crippen LogP contribution in [0.15, 0.2) is 15.6 Å². The van der Waals surface area contributed by atoms with E-state index in [9.17, 15) is 4.79 Å². The van der Waals surface area contributed by atoms with Crippen LogP contribution < -0.4 is 15.6 Å². The van der Waals surface area contributed by atoms with Gasteiger partial charge in [0.1, 0.15) is 0 Å². The Bertz CT molecular complexity index is 562. The monoisotopic (exact) mass is 237 g/mol. The number of aromatic amines is 1. The normalized spacial score (nSPS) is 10.2. The SMILES string of the molecule is COc1c(NCc2nc(C)no2)nc[nH]c1=O. The van der Waals surface area contributed by atoms with E-state index in [1.807, 2.05) is 0 Å². The molecule has 2 heterocycles. The first-order valence-corrected chi connectivity index (χ1v) is 4.85. The van der Waals surface area contributed by atoms with Crippen molar-refractivity contribution >= 4 is 5.82 Å². The van der Waals surface area contributed by atoms with Gasteiger partial charge in [-0.1, -0.05) is 5.16 Å². The van der Waals surface area contributed by atoms with E-state index in [0.29, 0.717) is 17.5 Å². The third-order valence-corrected chi connectivity index (χ3v) is 1.99. The first-order valence-electron chi connectivity index (χ1n) is 4.85. The maximum Gasteiger partial charge on any atom is 0.295 e. The highest BCUT2D eigenvalue weighted by atomic mass is 16.5. The Morgan fingerprint density at radius 3 is 3.06 bits per heavy atom. The highest BCUT2D eigenvalue weighted by Gasteiger charge is 2.10. The fourth-order valence-corrected chi connectivity index (χ4v) is 1.27. The summed E-state index contributed by atoms with van der Waals surface area (Å²) in [6.45, 7) is 1.99. The van der Waals surface area contributed by atoms with Crippen LogP contribution in [0.2, 0.25) is 0 Å². The van der Waals surface area contributed by atoms with Gasteiger partial charge >= 0.3 is 0 Å². The van der Waals surface area contributed by atoms with Crippen LogP contribution in [0.5, 0.6) is 5.75 Å². The lowest BCUT2D eigenvalue weighted by molar-refractivity contribution is 0.378. The molecule has 2 aromatic rings. The smallest absolute Gasteiger partial charge is 0.295 e. The summed E-state index contributed by atoms with van der Waals surface area (Å²) in [4.78, 5) is 21.7. The van der Waals surface area contributed by atoms with Crippen LogP contribution in [0.25, 0.3) is 0 Å². The summed E-state index contributed by atoms with van der Waals surface area (Å²) in [6.07, 6.45) is 1.28. The van der Waals surface area contributed by atoms with Gasteiger partial charge in [0.25, 0.3) is 5.56 Å². The number of aryl methyl sites for hydroxylation is 1. The Kier molecular flexibility index (Phi) is 3.03. The Hall–Kier alpha value is -2.38. The van der Waals surface area contributed by atoms with Crippen molar-refractivity contribution in [2.24, 2.45) is 0 Å². The molecule has 17 heavy (non-hydrogen) atoms. The molecular formula is C9H11N5O3. The van der Waals surface area contributed by atoms with Crippen LogP contribution in [0, 0.1) is 6.92 Å². The van der Waals surface area contributed by atoms with Crippen molar-refractivity contribution in [1.82, 2.24) is 20.1 Å². The number of ether oxygens (including phenoxy) is 1. The molecule has 2 rings (SSSR count). The van der Waals surface area contributed by atoms with Crippen LogP contribution >= 0.6 is 0 Å². The molecule has 0 atom stereocenters. The number of nitrogens with one attached hydrogen (secondary N) is 2. The van der Waals surface area contributed by atoms with E-state index in [4.69, 9.17) is 9.26 Å². The topological polar surface area (TPSA) is 106 Å². The van der Waals surface area contributed by atoms with Crippen molar-refractivity contribution in [3.63, 3.8) is 0 Å². The zero-order valence-corrected chi connectivity index (χ0v) is 9.35. The van der Waals surface area contributed by atoms with E-state index in [1.54, 1.807) is 6.92 Å². The lowest BCUT2D eigenvalue weighted by Gasteiger charge is -2.06. The fourth-order valence-electron chi connectivity index (χ4n) is 1.27. The van der Waals surface area contributed by atoms with Gasteiger partial charge in [0, 0.05) is 0 Å². The summed E-state index contributed by atoms with van der Waals surface area (Å²) in [5, 5.41) is 6.53. The summed E-state index contributed by atoms with van der Waals surface area (Å²) in [6, 6.07) is 0. The van der Waals surface area contributed by atoms with Gasteiger partial charge in [-0.05, 0) is 6.92 Å². The van der Waals surface area contributed by atoms with Gasteiger partial charge in [0.05, 0.1) is 20.0 Å². The molecule has 2 aromatic heterocycles. The molecule has 0 aliphatic heterocycles. The minimum absolute atomic E-state index is 0.115. The minimum Gasteiger partial charge on any atom is -0.489 e. The van der Waals surface area contributed by atoms with Crippen LogP contribution in [0.4, 0.5) is 5.82 Å². The van der Waals surface area contributed by atoms with Crippen LogP contribution in [-0.2, 0) is 6.54 Å². The van der Waals surface area contributed by atoms with Gasteiger partial charge in [-0.2, -0.15) is 4.98 Å². The lowest BCUT2D eigenvalue weighted by Crippen LogP contribution is -2.14. The molecule has 0 radical (unpaired) electrons. The van der Waals surface area contributed by atoms with Gasteiger partial charge in [0.2, 0.25) is 11.6 Å². The molecule has 0 aliphatic carbocycles. The van der Waals surface area contributed by atoms with Gasteiger partial charge in [-0.25, -0.2) is 4.98 Å². The Morgan fingerprint density at radius 1 is 1.59 bits per heavy atom. The lowest BCUT2D eigenvalue weighted by atomic mass is 10.5. The maximum atomic E-state index is 11.4. The van der Waals surface area contributed by atoms with E-state index >= 15 is 0 Å². The second-order valence-electron chi connectivity index (χ2n) is 3.20. The fraction of sp³-hybridized carbons (Fsp3) is 0.333. The summed E-state index contributed by atoms with van der Waals surface area (Å²) < 4.78 is 9.85. The predicted octanol–water partition coefficient (Wildman–Crippen LogP) is 0.0820. The Balaban J connectivity index is 2.14. The number of anilines is 1. The first-order chi connectivity index (χ1) is 8.20. The van der Waals surface area contributed by atoms with Crippen molar-refractivity contribution in [3.8, 4) is 5.75 Å². The molecule has 90 valence electrons. The molecule has 2 N–H and O–H groups in total. The highest BCUT2D eigenvalue weighted by Crippen LogP contribution is 2.14. The van der Waals surface area contributed by atoms with Crippen molar-refractivity contribution < 1.29 is 9.26 Å². The second kappa shape index (κ2) is 4.64. The number of aromatic nitrogens is 4. The van der Waals surface area contributed by atoms with E-state index < -0.39 is 0 Å². The summed E-state index contributed by atoms with van der Waals surface area (Å²) in [5.41, 5.74) is -0.355. The standard InChI is InChI=1S/C9H11N5O3/c1-5-13-6(17-14-5)3-10-8-7(16-2)9(15)12-4-11-8/h4H,3H2,1-2H3,(H2,10,11,12,15). The Labute approximate surface area is 96.0 Å². The van der Waals surface area contributed by atoms with Gasteiger partial charge < -0.3 is 19.6 Å². The average molecular weight is 237 g/mol. The van der Waals surface area contributed by atoms with Crippen molar-refractivity contribution in [3.05, 3.63) is 28.4 Å². The molecule has 0 aromatic carbocycles. The molecule has 0 bridgehead atoms. The van der Waals surface area contributed by atoms with Crippen LogP contribution in [-0.4, -0.2) is 27.2 Å². The summed E-state index contributed by atoms with van der Waals surface area (Å²) >= 11 is 0. The van der Waals surface area contributed by atoms with E-state index in [0.717, 1.165) is 0 Å². The number of hydrogen-bond acceptors (Lipinski definition) is 7. The average Bonchev–Trinajstić information content (AvgIpc) is 2.72. The third kappa shape index (κ3) is 2.41. The molecule has 0 aliphatic rings. The molecule has 0 spiro atoms. The van der Waals surface area contributed by atoms with Crippen molar-refractivity contribution in [2.75, 3.05) is 12.4 Å². The highest BCUT2D eigenvalue weighted by molar-refractivity contribution is 5.47. The van der Waals surface area contributed by atoms with E-state index in [1.165, 1.54) is 13.4 Å². The number of H-pyrrole nitrogens is 1. The number of methoxy groups -OCH3 is 1. The second-order valence-corrected chi connectivity index (χ2v) is 3.20. The third-order valence-electron chi connectivity index (χ3n) is 1.99. The number of hydrogen-bond donors (Lipinski definition) is 2. The minimum atomic E-state index is -0.355. The number of nitrogens with zero attached hydrogens (tertiary/aromatic N) is 3. The summed E-state index contributed by atoms with van der Waals surface area (Å²) in [5.74, 6) is 1.40. The zero-order chi connectivity index (χ0) is 12.3. The van der Waals surface area contributed by atoms with Gasteiger partial charge in [-0.15, -0.1) is 0 Å². The zero-order valence-electron chi connectivity index (χ0n) is 9.35. The Morgan fingerprint density at radius 2 is 2.41 bits per heavy atom. The summed E-state index contributed by atoms with van der Waals surface area (Å²) in [7, 11) is 1.40. The van der Waals surface area contributed by atoms with Crippen molar-refractivity contribution in [2.45, 2.75) is 13.5 Å². The molecule has 0 unspecified atom stereocenters. The molecule has 0 fully saturated rings. The number of rotatable bonds is 4. The molecule has 8 heteroatoms. The molecule has 0 amide bonds. The molecule has 8 nitrogen and oxygen atoms in total. The molecule has 0 saturated heterocycles. The largest absolute Gasteiger partial charge is 0.489 e. The molecule has 0 saturated carbocycles. The van der Waals surface area contributed by atoms with Gasteiger partial charge in [-0.3, -0.25) is 4.79 Å². The maximum absolute atomic E-state index is 11.4. The predicted molar refractivity (Wildman–Crippen MR) is 57.8 cm³/mol. The van der Waals surface area contributed by atoms with Crippen LogP contribution in [0.1, 0.15) is 11.7 Å². The van der Waals surface area contributed by atoms with Crippen LogP contribution in [0.3, 0.4) is 0 Å². The van der Waals surface area contributed by atoms with E-state index in [-0.39, 0.29) is 17.9 Å². The van der Waals surface area contributed by atoms with Gasteiger partial charge in [0.15, 0.2) is 11.6 Å². The molecular weight excluding hydrogens is 226 g/mol. The van der Waals surface area contributed by atoms with Crippen molar-refractivity contribution in [1.29, 1.82) is 0 Å². The first kappa shape index (κ1) is 11.1.